The first kappa shape index (κ1) is 16.2. The molecule has 2 aromatic rings. The van der Waals surface area contributed by atoms with E-state index in [1.165, 1.54) is 11.3 Å². The molecule has 0 spiro atoms. The van der Waals surface area contributed by atoms with Crippen LogP contribution in [0.15, 0.2) is 12.1 Å². The Morgan fingerprint density at radius 2 is 2.00 bits per heavy atom. The van der Waals surface area contributed by atoms with E-state index >= 15 is 0 Å². The van der Waals surface area contributed by atoms with Crippen molar-refractivity contribution >= 4 is 33.1 Å². The molecule has 5 nitrogen and oxygen atoms in total. The second-order valence-electron chi connectivity index (χ2n) is 6.96. The van der Waals surface area contributed by atoms with Crippen LogP contribution in [0.5, 0.6) is 0 Å². The fourth-order valence-corrected chi connectivity index (χ4v) is 4.18. The number of rotatable bonds is 2. The van der Waals surface area contributed by atoms with Crippen LogP contribution in [0.2, 0.25) is 0 Å². The Balaban J connectivity index is 2.01. The highest BCUT2D eigenvalue weighted by Gasteiger charge is 2.32. The number of aromatic nitrogens is 1. The van der Waals surface area contributed by atoms with Crippen molar-refractivity contribution in [3.63, 3.8) is 0 Å². The Hall–Kier alpha value is -1.66. The van der Waals surface area contributed by atoms with Crippen molar-refractivity contribution in [1.29, 1.82) is 0 Å². The van der Waals surface area contributed by atoms with Gasteiger partial charge in [0.15, 0.2) is 0 Å². The standard InChI is InChI=1S/C17H24N4OS/c1-17(7-9-21(4)10-8-17)12-6-5-11-13(18)14(16(22)20(2)3)23-15(11)19-12/h5-6H,7-10,18H2,1-4H3. The lowest BCUT2D eigenvalue weighted by Gasteiger charge is -2.37. The molecule has 0 aliphatic carbocycles. The van der Waals surface area contributed by atoms with E-state index in [1.54, 1.807) is 19.0 Å². The highest BCUT2D eigenvalue weighted by atomic mass is 32.1. The third-order valence-electron chi connectivity index (χ3n) is 4.90. The van der Waals surface area contributed by atoms with E-state index in [9.17, 15) is 4.79 Å². The number of piperidine rings is 1. The average molecular weight is 332 g/mol. The third kappa shape index (κ3) is 2.81. The Kier molecular flexibility index (Phi) is 4.06. The first-order valence-electron chi connectivity index (χ1n) is 7.91. The molecule has 2 aromatic heterocycles. The van der Waals surface area contributed by atoms with Crippen LogP contribution in [0.1, 0.15) is 35.1 Å². The maximum Gasteiger partial charge on any atom is 0.265 e. The van der Waals surface area contributed by atoms with E-state index in [0.29, 0.717) is 10.6 Å². The lowest BCUT2D eigenvalue weighted by molar-refractivity contribution is 0.0833. The molecule has 0 radical (unpaired) electrons. The zero-order valence-electron chi connectivity index (χ0n) is 14.2. The van der Waals surface area contributed by atoms with Crippen molar-refractivity contribution in [3.05, 3.63) is 22.7 Å². The molecule has 0 aromatic carbocycles. The summed E-state index contributed by atoms with van der Waals surface area (Å²) >= 11 is 1.40. The molecule has 1 amide bonds. The average Bonchev–Trinajstić information content (AvgIpc) is 2.86. The van der Waals surface area contributed by atoms with Crippen molar-refractivity contribution in [2.75, 3.05) is 40.0 Å². The first-order chi connectivity index (χ1) is 10.8. The van der Waals surface area contributed by atoms with Gasteiger partial charge in [-0.2, -0.15) is 0 Å². The van der Waals surface area contributed by atoms with Gasteiger partial charge < -0.3 is 15.5 Å². The summed E-state index contributed by atoms with van der Waals surface area (Å²) in [4.78, 5) is 22.5. The minimum absolute atomic E-state index is 0.0578. The number of carbonyl (C=O) groups is 1. The number of thiophene rings is 1. The summed E-state index contributed by atoms with van der Waals surface area (Å²) in [5.74, 6) is -0.0578. The predicted octanol–water partition coefficient (Wildman–Crippen LogP) is 2.56. The number of nitrogen functional groups attached to an aromatic ring is 1. The van der Waals surface area contributed by atoms with Crippen molar-refractivity contribution in [2.45, 2.75) is 25.2 Å². The molecule has 6 heteroatoms. The fourth-order valence-electron chi connectivity index (χ4n) is 3.06. The third-order valence-corrected chi connectivity index (χ3v) is 6.01. The summed E-state index contributed by atoms with van der Waals surface area (Å²) in [5.41, 5.74) is 7.94. The normalized spacial score (nSPS) is 18.3. The van der Waals surface area contributed by atoms with Crippen LogP contribution in [0, 0.1) is 0 Å². The number of hydrogen-bond donors (Lipinski definition) is 1. The number of hydrogen-bond acceptors (Lipinski definition) is 5. The molecule has 1 fully saturated rings. The molecule has 1 aliphatic rings. The number of nitrogens with zero attached hydrogens (tertiary/aromatic N) is 3. The van der Waals surface area contributed by atoms with Crippen LogP contribution in [-0.4, -0.2) is 54.9 Å². The summed E-state index contributed by atoms with van der Waals surface area (Å²) in [5, 5.41) is 0.889. The minimum Gasteiger partial charge on any atom is -0.397 e. The van der Waals surface area contributed by atoms with Crippen LogP contribution in [0.4, 0.5) is 5.69 Å². The number of fused-ring (bicyclic) bond motifs is 1. The first-order valence-corrected chi connectivity index (χ1v) is 8.73. The van der Waals surface area contributed by atoms with Crippen molar-refractivity contribution in [2.24, 2.45) is 0 Å². The van der Waals surface area contributed by atoms with Crippen LogP contribution in [0.25, 0.3) is 10.2 Å². The molecular weight excluding hydrogens is 308 g/mol. The smallest absolute Gasteiger partial charge is 0.265 e. The van der Waals surface area contributed by atoms with E-state index in [-0.39, 0.29) is 11.3 Å². The van der Waals surface area contributed by atoms with Crippen LogP contribution in [-0.2, 0) is 5.41 Å². The van der Waals surface area contributed by atoms with E-state index in [1.807, 2.05) is 6.07 Å². The van der Waals surface area contributed by atoms with E-state index in [0.717, 1.165) is 41.8 Å². The Labute approximate surface area is 141 Å². The van der Waals surface area contributed by atoms with Crippen molar-refractivity contribution in [3.8, 4) is 0 Å². The van der Waals surface area contributed by atoms with Gasteiger partial charge in [0.25, 0.3) is 5.91 Å². The molecule has 124 valence electrons. The zero-order valence-corrected chi connectivity index (χ0v) is 15.0. The molecule has 23 heavy (non-hydrogen) atoms. The summed E-state index contributed by atoms with van der Waals surface area (Å²) < 4.78 is 0. The van der Waals surface area contributed by atoms with Gasteiger partial charge in [-0.15, -0.1) is 11.3 Å². The molecule has 0 unspecified atom stereocenters. The molecule has 2 N–H and O–H groups in total. The van der Waals surface area contributed by atoms with Gasteiger partial charge in [0, 0.05) is 30.6 Å². The summed E-state index contributed by atoms with van der Waals surface area (Å²) in [6.45, 7) is 4.47. The highest BCUT2D eigenvalue weighted by Crippen LogP contribution is 2.38. The van der Waals surface area contributed by atoms with Crippen molar-refractivity contribution in [1.82, 2.24) is 14.8 Å². The van der Waals surface area contributed by atoms with Gasteiger partial charge in [-0.1, -0.05) is 6.92 Å². The highest BCUT2D eigenvalue weighted by molar-refractivity contribution is 7.21. The van der Waals surface area contributed by atoms with Gasteiger partial charge >= 0.3 is 0 Å². The van der Waals surface area contributed by atoms with E-state index in [4.69, 9.17) is 10.7 Å². The Morgan fingerprint density at radius 3 is 2.61 bits per heavy atom. The van der Waals surface area contributed by atoms with Gasteiger partial charge in [0.2, 0.25) is 0 Å². The number of amides is 1. The molecule has 0 bridgehead atoms. The summed E-state index contributed by atoms with van der Waals surface area (Å²) in [6.07, 6.45) is 2.21. The number of carbonyl (C=O) groups excluding carboxylic acids is 1. The van der Waals surface area contributed by atoms with E-state index < -0.39 is 0 Å². The minimum atomic E-state index is -0.0578. The number of pyridine rings is 1. The number of anilines is 1. The summed E-state index contributed by atoms with van der Waals surface area (Å²) in [6, 6.07) is 4.11. The topological polar surface area (TPSA) is 62.5 Å². The summed E-state index contributed by atoms with van der Waals surface area (Å²) in [7, 11) is 5.64. The van der Waals surface area contributed by atoms with Gasteiger partial charge in [0.05, 0.1) is 5.69 Å². The maximum absolute atomic E-state index is 12.2. The monoisotopic (exact) mass is 332 g/mol. The van der Waals surface area contributed by atoms with E-state index in [2.05, 4.69) is 24.9 Å². The fraction of sp³-hybridized carbons (Fsp3) is 0.529. The van der Waals surface area contributed by atoms with Crippen LogP contribution in [0.3, 0.4) is 0 Å². The molecule has 3 heterocycles. The number of likely N-dealkylation sites (tertiary alicyclic amines) is 1. The zero-order chi connectivity index (χ0) is 16.8. The maximum atomic E-state index is 12.2. The van der Waals surface area contributed by atoms with Gasteiger partial charge in [0.1, 0.15) is 9.71 Å². The van der Waals surface area contributed by atoms with Crippen molar-refractivity contribution < 1.29 is 4.79 Å². The molecule has 0 saturated carbocycles. The quantitative estimate of drug-likeness (QED) is 0.918. The largest absolute Gasteiger partial charge is 0.397 e. The van der Waals surface area contributed by atoms with Crippen LogP contribution >= 0.6 is 11.3 Å². The molecule has 0 atom stereocenters. The SMILES string of the molecule is CN1CCC(C)(c2ccc3c(N)c(C(=O)N(C)C)sc3n2)CC1. The Morgan fingerprint density at radius 1 is 1.35 bits per heavy atom. The molecule has 1 aliphatic heterocycles. The second kappa shape index (κ2) is 5.76. The number of nitrogens with two attached hydrogens (primary N) is 1. The predicted molar refractivity (Wildman–Crippen MR) is 96.1 cm³/mol. The van der Waals surface area contributed by atoms with Gasteiger partial charge in [-0.25, -0.2) is 4.98 Å². The second-order valence-corrected chi connectivity index (χ2v) is 7.96. The molecular formula is C17H24N4OS. The lowest BCUT2D eigenvalue weighted by Crippen LogP contribution is -2.39. The van der Waals surface area contributed by atoms with Crippen LogP contribution < -0.4 is 5.73 Å². The Bertz CT molecular complexity index is 744. The van der Waals surface area contributed by atoms with Gasteiger partial charge in [-0.3, -0.25) is 4.79 Å². The molecule has 3 rings (SSSR count). The van der Waals surface area contributed by atoms with Gasteiger partial charge in [-0.05, 0) is 45.1 Å². The lowest BCUT2D eigenvalue weighted by atomic mass is 9.77. The molecule has 1 saturated heterocycles.